The maximum atomic E-state index is 5.22. The third kappa shape index (κ3) is 4.18. The van der Waals surface area contributed by atoms with E-state index in [1.54, 1.807) is 0 Å². The third-order valence-electron chi connectivity index (χ3n) is 0.408. The monoisotopic (exact) mass is 88.1 g/mol. The van der Waals surface area contributed by atoms with Crippen LogP contribution in [0.5, 0.6) is 0 Å². The second-order valence-corrected chi connectivity index (χ2v) is 4.23. The first-order valence-electron chi connectivity index (χ1n) is 1.76. The molecule has 1 radical (unpaired) electrons. The van der Waals surface area contributed by atoms with Crippen LogP contribution in [0.4, 0.5) is 0 Å². The van der Waals surface area contributed by atoms with Crippen LogP contribution in [0.15, 0.2) is 0 Å². The topological polar surface area (TPSA) is 26.0 Å². The average Bonchev–Trinajstić information content (AvgIpc) is 1.38. The van der Waals surface area contributed by atoms with E-state index in [0.29, 0.717) is 0 Å². The van der Waals surface area contributed by atoms with Crippen LogP contribution in [0.3, 0.4) is 0 Å². The fourth-order valence-electron chi connectivity index (χ4n) is 0. The standard InChI is InChI=1S/C3H10NSi/c1-5(2)3-4/h3-4H2,1-2H3. The summed E-state index contributed by atoms with van der Waals surface area (Å²) in [6.45, 7) is 4.40. The Hall–Kier alpha value is 0.177. The van der Waals surface area contributed by atoms with Gasteiger partial charge in [0.1, 0.15) is 0 Å². The van der Waals surface area contributed by atoms with Gasteiger partial charge in [-0.05, 0) is 6.17 Å². The van der Waals surface area contributed by atoms with Crippen molar-refractivity contribution in [3.05, 3.63) is 0 Å². The highest BCUT2D eigenvalue weighted by atomic mass is 28.3. The molecule has 0 aliphatic rings. The van der Waals surface area contributed by atoms with E-state index in [9.17, 15) is 0 Å². The molecule has 0 saturated carbocycles. The summed E-state index contributed by atoms with van der Waals surface area (Å²) in [5, 5.41) is 0. The summed E-state index contributed by atoms with van der Waals surface area (Å²) in [5.74, 6) is 0. The highest BCUT2D eigenvalue weighted by Gasteiger charge is 1.83. The molecule has 0 rings (SSSR count). The molecule has 31 valence electrons. The molecule has 0 aromatic carbocycles. The molecule has 0 saturated heterocycles. The molecule has 0 aromatic heterocycles. The van der Waals surface area contributed by atoms with Gasteiger partial charge in [0.15, 0.2) is 0 Å². The molecule has 2 N–H and O–H groups in total. The minimum absolute atomic E-state index is 0.0962. The third-order valence-corrected chi connectivity index (χ3v) is 1.22. The smallest absolute Gasteiger partial charge is 0.0577 e. The van der Waals surface area contributed by atoms with Gasteiger partial charge in [-0.3, -0.25) is 0 Å². The molecule has 2 heteroatoms. The summed E-state index contributed by atoms with van der Waals surface area (Å²) in [6, 6.07) is 0. The Morgan fingerprint density at radius 2 is 1.80 bits per heavy atom. The molecule has 0 spiro atoms. The van der Waals surface area contributed by atoms with Gasteiger partial charge in [-0.1, -0.05) is 13.1 Å². The number of hydrogen-bond donors (Lipinski definition) is 1. The Kier molecular flexibility index (Phi) is 2.50. The van der Waals surface area contributed by atoms with E-state index in [0.717, 1.165) is 6.17 Å². The van der Waals surface area contributed by atoms with Crippen molar-refractivity contribution in [3.8, 4) is 0 Å². The Balaban J connectivity index is 2.54. The van der Waals surface area contributed by atoms with Crippen LogP contribution in [0.2, 0.25) is 13.1 Å². The van der Waals surface area contributed by atoms with Gasteiger partial charge in [-0.2, -0.15) is 0 Å². The van der Waals surface area contributed by atoms with E-state index in [-0.39, 0.29) is 8.80 Å². The first kappa shape index (κ1) is 5.18. The van der Waals surface area contributed by atoms with E-state index < -0.39 is 0 Å². The molecule has 0 heterocycles. The summed E-state index contributed by atoms with van der Waals surface area (Å²) >= 11 is 0. The maximum Gasteiger partial charge on any atom is 0.0577 e. The SMILES string of the molecule is C[Si](C)CN. The Morgan fingerprint density at radius 3 is 1.80 bits per heavy atom. The fraction of sp³-hybridized carbons (Fsp3) is 1.00. The lowest BCUT2D eigenvalue weighted by Crippen LogP contribution is -2.16. The molecule has 0 aromatic rings. The maximum absolute atomic E-state index is 5.22. The predicted octanol–water partition coefficient (Wildman–Crippen LogP) is 0.239. The number of nitrogens with two attached hydrogens (primary N) is 1. The molecule has 0 unspecified atom stereocenters. The van der Waals surface area contributed by atoms with E-state index >= 15 is 0 Å². The normalized spacial score (nSPS) is 9.60. The van der Waals surface area contributed by atoms with Gasteiger partial charge >= 0.3 is 0 Å². The quantitative estimate of drug-likeness (QED) is 0.456. The van der Waals surface area contributed by atoms with E-state index in [2.05, 4.69) is 13.1 Å². The summed E-state index contributed by atoms with van der Waals surface area (Å²) in [7, 11) is -0.0962. The summed E-state index contributed by atoms with van der Waals surface area (Å²) in [4.78, 5) is 0. The molecule has 0 aliphatic heterocycles. The fourth-order valence-corrected chi connectivity index (χ4v) is 0. The van der Waals surface area contributed by atoms with Crippen LogP contribution in [0.25, 0.3) is 0 Å². The lowest BCUT2D eigenvalue weighted by Gasteiger charge is -1.87. The molecular weight excluding hydrogens is 78.1 g/mol. The van der Waals surface area contributed by atoms with Crippen LogP contribution in [-0.2, 0) is 0 Å². The number of hydrogen-bond acceptors (Lipinski definition) is 1. The van der Waals surface area contributed by atoms with E-state index in [1.165, 1.54) is 0 Å². The average molecular weight is 88.2 g/mol. The highest BCUT2D eigenvalue weighted by Crippen LogP contribution is 1.67. The second-order valence-electron chi connectivity index (χ2n) is 1.41. The van der Waals surface area contributed by atoms with Crippen LogP contribution in [0.1, 0.15) is 0 Å². The van der Waals surface area contributed by atoms with Crippen molar-refractivity contribution in [2.45, 2.75) is 13.1 Å². The Morgan fingerprint density at radius 1 is 1.60 bits per heavy atom. The van der Waals surface area contributed by atoms with Crippen molar-refractivity contribution in [1.29, 1.82) is 0 Å². The molecule has 0 fully saturated rings. The molecule has 0 atom stereocenters. The zero-order chi connectivity index (χ0) is 4.28. The summed E-state index contributed by atoms with van der Waals surface area (Å²) in [6.07, 6.45) is 0.907. The minimum Gasteiger partial charge on any atom is -0.333 e. The molecule has 0 bridgehead atoms. The first-order chi connectivity index (χ1) is 2.27. The number of rotatable bonds is 1. The van der Waals surface area contributed by atoms with Crippen LogP contribution in [0, 0.1) is 0 Å². The summed E-state index contributed by atoms with van der Waals surface area (Å²) in [5.41, 5.74) is 5.22. The van der Waals surface area contributed by atoms with Gasteiger partial charge in [0.25, 0.3) is 0 Å². The molecule has 0 amide bonds. The van der Waals surface area contributed by atoms with Gasteiger partial charge in [0, 0.05) is 0 Å². The Bertz CT molecular complexity index is 20.9. The van der Waals surface area contributed by atoms with Gasteiger partial charge in [0.05, 0.1) is 8.80 Å². The van der Waals surface area contributed by atoms with Crippen molar-refractivity contribution in [2.24, 2.45) is 5.73 Å². The van der Waals surface area contributed by atoms with E-state index in [1.807, 2.05) is 0 Å². The van der Waals surface area contributed by atoms with Crippen molar-refractivity contribution in [2.75, 3.05) is 6.17 Å². The molecular formula is C3H10NSi. The first-order valence-corrected chi connectivity index (χ1v) is 4.47. The van der Waals surface area contributed by atoms with Gasteiger partial charge in [0.2, 0.25) is 0 Å². The molecule has 1 nitrogen and oxygen atoms in total. The van der Waals surface area contributed by atoms with Crippen LogP contribution < -0.4 is 5.73 Å². The van der Waals surface area contributed by atoms with Crippen molar-refractivity contribution >= 4 is 8.80 Å². The van der Waals surface area contributed by atoms with Crippen molar-refractivity contribution in [3.63, 3.8) is 0 Å². The van der Waals surface area contributed by atoms with Gasteiger partial charge in [-0.25, -0.2) is 0 Å². The minimum atomic E-state index is -0.0962. The predicted molar refractivity (Wildman–Crippen MR) is 26.5 cm³/mol. The largest absolute Gasteiger partial charge is 0.333 e. The van der Waals surface area contributed by atoms with Crippen molar-refractivity contribution in [1.82, 2.24) is 0 Å². The molecule has 0 aliphatic carbocycles. The van der Waals surface area contributed by atoms with Crippen molar-refractivity contribution < 1.29 is 0 Å². The van der Waals surface area contributed by atoms with Gasteiger partial charge < -0.3 is 5.73 Å². The zero-order valence-electron chi connectivity index (χ0n) is 3.78. The lowest BCUT2D eigenvalue weighted by atomic mass is 11.5. The highest BCUT2D eigenvalue weighted by molar-refractivity contribution is 6.55. The second kappa shape index (κ2) is 2.42. The van der Waals surface area contributed by atoms with Crippen LogP contribution in [-0.4, -0.2) is 15.0 Å². The summed E-state index contributed by atoms with van der Waals surface area (Å²) < 4.78 is 0. The van der Waals surface area contributed by atoms with E-state index in [4.69, 9.17) is 5.73 Å². The van der Waals surface area contributed by atoms with Gasteiger partial charge in [-0.15, -0.1) is 0 Å². The lowest BCUT2D eigenvalue weighted by molar-refractivity contribution is 1.34. The molecule has 5 heavy (non-hydrogen) atoms. The zero-order valence-corrected chi connectivity index (χ0v) is 4.78. The Labute approximate surface area is 34.8 Å². The van der Waals surface area contributed by atoms with Crippen LogP contribution >= 0.6 is 0 Å².